The summed E-state index contributed by atoms with van der Waals surface area (Å²) in [6, 6.07) is 5.70. The van der Waals surface area contributed by atoms with E-state index in [1.54, 1.807) is 26.6 Å². The van der Waals surface area contributed by atoms with Gasteiger partial charge >= 0.3 is 0 Å². The van der Waals surface area contributed by atoms with Crippen LogP contribution in [0.4, 0.5) is 11.8 Å². The van der Waals surface area contributed by atoms with Gasteiger partial charge in [-0.05, 0) is 39.0 Å². The Kier molecular flexibility index (Phi) is 5.86. The third-order valence-electron chi connectivity index (χ3n) is 5.66. The SMILES string of the molecule is COc1nc(-c2cnc(C)n2C)ccc1-c1nc(N)nc2c(NCC(C)(C)OC)nccc12. The zero-order valence-electron chi connectivity index (χ0n) is 19.7. The topological polar surface area (TPSA) is 126 Å². The molecule has 0 unspecified atom stereocenters. The van der Waals surface area contributed by atoms with E-state index in [1.165, 1.54) is 0 Å². The molecule has 0 atom stereocenters. The molecule has 4 rings (SSSR count). The molecule has 0 amide bonds. The molecule has 0 saturated carbocycles. The minimum atomic E-state index is -0.377. The number of imidazole rings is 1. The van der Waals surface area contributed by atoms with Crippen LogP contribution in [0.25, 0.3) is 33.5 Å². The number of aromatic nitrogens is 6. The van der Waals surface area contributed by atoms with Gasteiger partial charge in [0.15, 0.2) is 5.82 Å². The summed E-state index contributed by atoms with van der Waals surface area (Å²) < 4.78 is 13.1. The molecule has 0 saturated heterocycles. The van der Waals surface area contributed by atoms with Crippen molar-refractivity contribution >= 4 is 22.7 Å². The lowest BCUT2D eigenvalue weighted by molar-refractivity contribution is 0.0343. The number of aryl methyl sites for hydroxylation is 1. The highest BCUT2D eigenvalue weighted by atomic mass is 16.5. The minimum Gasteiger partial charge on any atom is -0.480 e. The number of hydrogen-bond acceptors (Lipinski definition) is 9. The predicted molar refractivity (Wildman–Crippen MR) is 128 cm³/mol. The van der Waals surface area contributed by atoms with E-state index < -0.39 is 0 Å². The number of nitrogens with one attached hydrogen (secondary N) is 1. The van der Waals surface area contributed by atoms with Crippen molar-refractivity contribution in [1.29, 1.82) is 0 Å². The van der Waals surface area contributed by atoms with E-state index >= 15 is 0 Å². The first-order valence-electron chi connectivity index (χ1n) is 10.5. The summed E-state index contributed by atoms with van der Waals surface area (Å²) in [6.07, 6.45) is 3.50. The summed E-state index contributed by atoms with van der Waals surface area (Å²) in [5.74, 6) is 2.06. The molecule has 0 aliphatic heterocycles. The van der Waals surface area contributed by atoms with Gasteiger partial charge in [0.1, 0.15) is 11.3 Å². The Bertz CT molecular complexity index is 1320. The summed E-state index contributed by atoms with van der Waals surface area (Å²) in [6.45, 7) is 6.46. The van der Waals surface area contributed by atoms with Crippen molar-refractivity contribution in [3.8, 4) is 28.5 Å². The summed E-state index contributed by atoms with van der Waals surface area (Å²) >= 11 is 0. The average Bonchev–Trinajstić information content (AvgIpc) is 3.15. The molecule has 0 aromatic carbocycles. The monoisotopic (exact) mass is 448 g/mol. The zero-order valence-corrected chi connectivity index (χ0v) is 19.7. The molecule has 10 nitrogen and oxygen atoms in total. The number of pyridine rings is 2. The first-order valence-corrected chi connectivity index (χ1v) is 10.5. The fraction of sp³-hybridized carbons (Fsp3) is 0.348. The highest BCUT2D eigenvalue weighted by Crippen LogP contribution is 2.35. The molecule has 0 fully saturated rings. The minimum absolute atomic E-state index is 0.132. The Morgan fingerprint density at radius 2 is 1.88 bits per heavy atom. The van der Waals surface area contributed by atoms with Gasteiger partial charge in [-0.25, -0.2) is 24.9 Å². The lowest BCUT2D eigenvalue weighted by Crippen LogP contribution is -2.32. The predicted octanol–water partition coefficient (Wildman–Crippen LogP) is 3.22. The van der Waals surface area contributed by atoms with E-state index in [0.717, 1.165) is 22.6 Å². The van der Waals surface area contributed by atoms with Crippen molar-refractivity contribution in [3.63, 3.8) is 0 Å². The van der Waals surface area contributed by atoms with Gasteiger partial charge in [0.2, 0.25) is 11.8 Å². The summed E-state index contributed by atoms with van der Waals surface area (Å²) in [4.78, 5) is 22.5. The quantitative estimate of drug-likeness (QED) is 0.438. The maximum atomic E-state index is 6.10. The number of ether oxygens (including phenoxy) is 2. The number of methoxy groups -OCH3 is 2. The average molecular weight is 449 g/mol. The molecular weight excluding hydrogens is 420 g/mol. The Hall–Kier alpha value is -3.79. The highest BCUT2D eigenvalue weighted by molar-refractivity contribution is 5.99. The summed E-state index contributed by atoms with van der Waals surface area (Å²) in [5.41, 5.74) is 9.29. The van der Waals surface area contributed by atoms with Crippen LogP contribution in [0.1, 0.15) is 19.7 Å². The second kappa shape index (κ2) is 8.62. The number of fused-ring (bicyclic) bond motifs is 1. The number of rotatable bonds is 7. The summed E-state index contributed by atoms with van der Waals surface area (Å²) in [7, 11) is 5.20. The molecule has 0 aliphatic carbocycles. The Morgan fingerprint density at radius 3 is 2.55 bits per heavy atom. The molecule has 10 heteroatoms. The zero-order chi connectivity index (χ0) is 23.8. The van der Waals surface area contributed by atoms with Crippen molar-refractivity contribution < 1.29 is 9.47 Å². The lowest BCUT2D eigenvalue weighted by Gasteiger charge is -2.23. The van der Waals surface area contributed by atoms with Crippen LogP contribution < -0.4 is 15.8 Å². The molecule has 0 spiro atoms. The maximum absolute atomic E-state index is 6.10. The Labute approximate surface area is 192 Å². The van der Waals surface area contributed by atoms with E-state index in [0.29, 0.717) is 35.0 Å². The molecule has 3 N–H and O–H groups in total. The van der Waals surface area contributed by atoms with Gasteiger partial charge in [0.25, 0.3) is 0 Å². The van der Waals surface area contributed by atoms with Gasteiger partial charge in [-0.15, -0.1) is 0 Å². The second-order valence-electron chi connectivity index (χ2n) is 8.31. The number of nitrogen functional groups attached to an aromatic ring is 1. The lowest BCUT2D eigenvalue weighted by atomic mass is 10.1. The van der Waals surface area contributed by atoms with Crippen LogP contribution in [0.3, 0.4) is 0 Å². The van der Waals surface area contributed by atoms with Crippen molar-refractivity contribution in [2.45, 2.75) is 26.4 Å². The molecule has 4 aromatic rings. The van der Waals surface area contributed by atoms with Crippen LogP contribution in [0.2, 0.25) is 0 Å². The largest absolute Gasteiger partial charge is 0.480 e. The van der Waals surface area contributed by atoms with Crippen molar-refractivity contribution in [3.05, 3.63) is 36.4 Å². The van der Waals surface area contributed by atoms with Crippen molar-refractivity contribution in [1.82, 2.24) is 29.5 Å². The molecule has 172 valence electrons. The first kappa shape index (κ1) is 22.4. The van der Waals surface area contributed by atoms with E-state index in [9.17, 15) is 0 Å². The molecule has 4 heterocycles. The first-order chi connectivity index (χ1) is 15.7. The number of nitrogens with two attached hydrogens (primary N) is 1. The Balaban J connectivity index is 1.83. The molecule has 0 bridgehead atoms. The standard InChI is InChI=1S/C23H28N8O2/c1-13-26-11-17(31(13)4)16-8-7-15(21(28-16)32-5)18-14-9-10-25-20(19(14)30-22(24)29-18)27-12-23(2,3)33-6/h7-11H,12H2,1-6H3,(H,25,27)(H2,24,29,30). The van der Waals surface area contributed by atoms with Crippen LogP contribution in [-0.2, 0) is 11.8 Å². The number of anilines is 2. The Morgan fingerprint density at radius 1 is 1.09 bits per heavy atom. The molecule has 33 heavy (non-hydrogen) atoms. The van der Waals surface area contributed by atoms with Crippen LogP contribution in [0.5, 0.6) is 5.88 Å². The number of nitrogens with zero attached hydrogens (tertiary/aromatic N) is 6. The van der Waals surface area contributed by atoms with Gasteiger partial charge in [-0.3, -0.25) is 0 Å². The van der Waals surface area contributed by atoms with E-state index in [4.69, 9.17) is 20.2 Å². The fourth-order valence-corrected chi connectivity index (χ4v) is 3.43. The third-order valence-corrected chi connectivity index (χ3v) is 5.66. The van der Waals surface area contributed by atoms with Gasteiger partial charge in [0.05, 0.1) is 41.6 Å². The molecular formula is C23H28N8O2. The van der Waals surface area contributed by atoms with Gasteiger partial charge in [-0.1, -0.05) is 0 Å². The van der Waals surface area contributed by atoms with Crippen LogP contribution in [0.15, 0.2) is 30.6 Å². The van der Waals surface area contributed by atoms with Crippen molar-refractivity contribution in [2.75, 3.05) is 31.8 Å². The van der Waals surface area contributed by atoms with Crippen molar-refractivity contribution in [2.24, 2.45) is 7.05 Å². The normalized spacial score (nSPS) is 11.7. The van der Waals surface area contributed by atoms with E-state index in [1.807, 2.05) is 50.6 Å². The fourth-order valence-electron chi connectivity index (χ4n) is 3.43. The highest BCUT2D eigenvalue weighted by Gasteiger charge is 2.20. The van der Waals surface area contributed by atoms with Crippen LogP contribution in [-0.4, -0.2) is 55.9 Å². The molecule has 0 radical (unpaired) electrons. The number of hydrogen-bond donors (Lipinski definition) is 2. The van der Waals surface area contributed by atoms with Gasteiger partial charge in [0, 0.05) is 32.3 Å². The van der Waals surface area contributed by atoms with E-state index in [-0.39, 0.29) is 11.5 Å². The molecule has 0 aliphatic rings. The van der Waals surface area contributed by atoms with Gasteiger partial charge in [-0.2, -0.15) is 0 Å². The smallest absolute Gasteiger partial charge is 0.223 e. The second-order valence-corrected chi connectivity index (χ2v) is 8.31. The van der Waals surface area contributed by atoms with Crippen LogP contribution >= 0.6 is 0 Å². The van der Waals surface area contributed by atoms with Crippen LogP contribution in [0, 0.1) is 6.92 Å². The van der Waals surface area contributed by atoms with Gasteiger partial charge < -0.3 is 25.1 Å². The maximum Gasteiger partial charge on any atom is 0.223 e. The summed E-state index contributed by atoms with van der Waals surface area (Å²) in [5, 5.41) is 4.09. The third kappa shape index (κ3) is 4.29. The molecule has 4 aromatic heterocycles. The van der Waals surface area contributed by atoms with E-state index in [2.05, 4.69) is 25.3 Å².